The van der Waals surface area contributed by atoms with Crippen LogP contribution in [0.15, 0.2) is 55.6 Å². The molecule has 3 aliphatic heterocycles. The summed E-state index contributed by atoms with van der Waals surface area (Å²) in [6.07, 6.45) is 3.27. The maximum atomic E-state index is 14.3. The molecule has 1 aromatic carbocycles. The topological polar surface area (TPSA) is 117 Å². The van der Waals surface area contributed by atoms with Crippen molar-refractivity contribution in [3.05, 3.63) is 61.2 Å². The molecule has 11 heteroatoms. The highest BCUT2D eigenvalue weighted by atomic mass is 79.9. The van der Waals surface area contributed by atoms with Gasteiger partial charge in [0.05, 0.1) is 24.0 Å². The van der Waals surface area contributed by atoms with Crippen molar-refractivity contribution in [1.29, 1.82) is 0 Å². The largest absolute Gasteiger partial charge is 0.455 e. The molecule has 3 heterocycles. The third-order valence-electron chi connectivity index (χ3n) is 9.46. The van der Waals surface area contributed by atoms with E-state index in [0.29, 0.717) is 18.4 Å². The van der Waals surface area contributed by atoms with Crippen molar-refractivity contribution in [3.8, 4) is 0 Å². The number of aliphatic hydroxyl groups is 1. The van der Waals surface area contributed by atoms with Crippen LogP contribution in [-0.4, -0.2) is 105 Å². The van der Waals surface area contributed by atoms with Crippen LogP contribution in [0.2, 0.25) is 0 Å². The van der Waals surface area contributed by atoms with E-state index < -0.39 is 47.7 Å². The van der Waals surface area contributed by atoms with E-state index in [1.807, 2.05) is 51.1 Å². The molecule has 0 saturated carbocycles. The Morgan fingerprint density at radius 1 is 1.20 bits per heavy atom. The Morgan fingerprint density at radius 3 is 2.49 bits per heavy atom. The second-order valence-electron chi connectivity index (χ2n) is 12.5. The summed E-state index contributed by atoms with van der Waals surface area (Å²) in [5.74, 6) is -3.26. The van der Waals surface area contributed by atoms with Gasteiger partial charge in [-0.3, -0.25) is 19.2 Å². The van der Waals surface area contributed by atoms with Crippen molar-refractivity contribution in [3.63, 3.8) is 0 Å². The molecule has 246 valence electrons. The van der Waals surface area contributed by atoms with E-state index in [0.717, 1.165) is 0 Å². The molecule has 10 nitrogen and oxygen atoms in total. The maximum absolute atomic E-state index is 14.3. The fourth-order valence-corrected chi connectivity index (χ4v) is 8.08. The molecule has 3 saturated heterocycles. The summed E-state index contributed by atoms with van der Waals surface area (Å²) in [7, 11) is 1.68. The first-order valence-electron chi connectivity index (χ1n) is 15.7. The molecule has 8 atom stereocenters. The molecule has 1 spiro atoms. The van der Waals surface area contributed by atoms with E-state index in [9.17, 15) is 24.3 Å². The average molecular weight is 689 g/mol. The number of allylic oxidation sites excluding steroid dienone is 1. The number of likely N-dealkylation sites (N-methyl/N-ethyl adjacent to an activating group) is 1. The lowest BCUT2D eigenvalue weighted by Gasteiger charge is -2.38. The standard InChI is InChI=1S/C34H46BrN3O7/c1-7-9-16-25(40)36(6)22(5)28(23-14-11-10-12-15-23)44-33(43)26-27-31(41)38(18-13-19-39)30(32(42)37(17-8-2)21(3)4)34(27)20-24(35)29(26)45-34/h7-8,10-12,14-15,21-22,24,26-30,39H,1-2,9,13,16-20H2,3-6H3/t22-,24?,26+,27-,28+,29+,30+,34-/m0/s1. The first kappa shape index (κ1) is 34.8. The lowest BCUT2D eigenvalue weighted by Crippen LogP contribution is -2.58. The van der Waals surface area contributed by atoms with E-state index >= 15 is 0 Å². The molecule has 3 fully saturated rings. The number of aliphatic hydroxyl groups excluding tert-OH is 1. The minimum Gasteiger partial charge on any atom is -0.455 e. The normalized spacial score (nSPS) is 28.0. The number of fused-ring (bicyclic) bond motifs is 1. The number of esters is 1. The summed E-state index contributed by atoms with van der Waals surface area (Å²) in [6.45, 7) is 13.4. The molecule has 4 rings (SSSR count). The van der Waals surface area contributed by atoms with E-state index in [-0.39, 0.29) is 61.1 Å². The third kappa shape index (κ3) is 6.49. The smallest absolute Gasteiger partial charge is 0.313 e. The minimum atomic E-state index is -1.24. The van der Waals surface area contributed by atoms with Crippen LogP contribution in [0.5, 0.6) is 0 Å². The molecule has 3 aliphatic rings. The van der Waals surface area contributed by atoms with Gasteiger partial charge in [0.25, 0.3) is 0 Å². The van der Waals surface area contributed by atoms with Crippen LogP contribution in [0.3, 0.4) is 0 Å². The molecule has 0 aromatic heterocycles. The van der Waals surface area contributed by atoms with Crippen molar-refractivity contribution in [1.82, 2.24) is 14.7 Å². The summed E-state index contributed by atoms with van der Waals surface area (Å²) in [5, 5.41) is 9.63. The van der Waals surface area contributed by atoms with E-state index in [2.05, 4.69) is 29.1 Å². The molecule has 1 unspecified atom stereocenters. The molecular weight excluding hydrogens is 642 g/mol. The Labute approximate surface area is 274 Å². The SMILES string of the molecule is C=CCCC(=O)N(C)[C@@H](C)[C@@H](OC(=O)[C@H]1[C@@H]2O[C@@]3(CC2Br)[C@@H]1C(=O)N(CCCO)[C@@H]3C(=O)N(CC=C)C(C)C)c1ccccc1. The lowest BCUT2D eigenvalue weighted by molar-refractivity contribution is -0.164. The van der Waals surface area contributed by atoms with E-state index in [4.69, 9.17) is 9.47 Å². The Morgan fingerprint density at radius 2 is 1.89 bits per heavy atom. The van der Waals surface area contributed by atoms with Crippen LogP contribution < -0.4 is 0 Å². The van der Waals surface area contributed by atoms with Crippen molar-refractivity contribution in [2.75, 3.05) is 26.7 Å². The van der Waals surface area contributed by atoms with Gasteiger partial charge in [0, 0.05) is 44.0 Å². The second kappa shape index (κ2) is 14.6. The predicted octanol–water partition coefficient (Wildman–Crippen LogP) is 3.64. The van der Waals surface area contributed by atoms with Gasteiger partial charge in [-0.25, -0.2) is 0 Å². The van der Waals surface area contributed by atoms with Crippen molar-refractivity contribution >= 4 is 39.6 Å². The van der Waals surface area contributed by atoms with Crippen LogP contribution in [-0.2, 0) is 28.7 Å². The number of carbonyl (C=O) groups is 4. The summed E-state index contributed by atoms with van der Waals surface area (Å²) in [6, 6.07) is 7.57. The lowest BCUT2D eigenvalue weighted by atomic mass is 9.70. The third-order valence-corrected chi connectivity index (χ3v) is 10.3. The van der Waals surface area contributed by atoms with Gasteiger partial charge in [-0.15, -0.1) is 13.2 Å². The number of nitrogens with zero attached hydrogens (tertiary/aromatic N) is 3. The van der Waals surface area contributed by atoms with Crippen LogP contribution in [0, 0.1) is 11.8 Å². The van der Waals surface area contributed by atoms with Gasteiger partial charge in [0.2, 0.25) is 17.7 Å². The number of alkyl halides is 1. The van der Waals surface area contributed by atoms with Gasteiger partial charge in [-0.1, -0.05) is 58.4 Å². The van der Waals surface area contributed by atoms with Crippen LogP contribution in [0.4, 0.5) is 0 Å². The van der Waals surface area contributed by atoms with Crippen molar-refractivity contribution in [2.24, 2.45) is 11.8 Å². The summed E-state index contributed by atoms with van der Waals surface area (Å²) < 4.78 is 12.9. The molecule has 0 radical (unpaired) electrons. The second-order valence-corrected chi connectivity index (χ2v) is 13.7. The van der Waals surface area contributed by atoms with Gasteiger partial charge < -0.3 is 29.3 Å². The Balaban J connectivity index is 1.70. The Bertz CT molecular complexity index is 1280. The number of hydrogen-bond acceptors (Lipinski definition) is 7. The first-order valence-corrected chi connectivity index (χ1v) is 16.6. The highest BCUT2D eigenvalue weighted by molar-refractivity contribution is 9.09. The minimum absolute atomic E-state index is 0.108. The number of likely N-dealkylation sites (tertiary alicyclic amines) is 1. The number of amides is 3. The van der Waals surface area contributed by atoms with Crippen LogP contribution >= 0.6 is 15.9 Å². The number of rotatable bonds is 15. The predicted molar refractivity (Wildman–Crippen MR) is 173 cm³/mol. The fourth-order valence-electron chi connectivity index (χ4n) is 7.13. The molecule has 1 aromatic rings. The zero-order valence-corrected chi connectivity index (χ0v) is 28.2. The monoisotopic (exact) mass is 687 g/mol. The van der Waals surface area contributed by atoms with Gasteiger partial charge in [0.1, 0.15) is 17.7 Å². The summed E-state index contributed by atoms with van der Waals surface area (Å²) >= 11 is 3.70. The van der Waals surface area contributed by atoms with E-state index in [1.165, 1.54) is 4.90 Å². The fraction of sp³-hybridized carbons (Fsp3) is 0.588. The number of carbonyl (C=O) groups excluding carboxylic acids is 4. The number of halogens is 1. The zero-order valence-electron chi connectivity index (χ0n) is 26.6. The molecular formula is C34H46BrN3O7. The Hall–Kier alpha value is -3.02. The number of benzene rings is 1. The highest BCUT2D eigenvalue weighted by Gasteiger charge is 2.77. The number of hydrogen-bond donors (Lipinski definition) is 1. The number of ether oxygens (including phenoxy) is 2. The first-order chi connectivity index (χ1) is 21.4. The van der Waals surface area contributed by atoms with Gasteiger partial charge in [-0.2, -0.15) is 0 Å². The quantitative estimate of drug-likeness (QED) is 0.170. The van der Waals surface area contributed by atoms with Crippen LogP contribution in [0.25, 0.3) is 0 Å². The van der Waals surface area contributed by atoms with Gasteiger partial charge in [0.15, 0.2) is 0 Å². The average Bonchev–Trinajstić information content (AvgIpc) is 3.62. The molecule has 1 N–H and O–H groups in total. The molecule has 2 bridgehead atoms. The molecule has 45 heavy (non-hydrogen) atoms. The highest BCUT2D eigenvalue weighted by Crippen LogP contribution is 2.60. The van der Waals surface area contributed by atoms with Crippen molar-refractivity contribution in [2.45, 2.75) is 87.2 Å². The van der Waals surface area contributed by atoms with E-state index in [1.54, 1.807) is 29.0 Å². The van der Waals surface area contributed by atoms with Gasteiger partial charge >= 0.3 is 5.97 Å². The molecule has 3 amide bonds. The summed E-state index contributed by atoms with van der Waals surface area (Å²) in [5.41, 5.74) is -0.533. The van der Waals surface area contributed by atoms with Gasteiger partial charge in [-0.05, 0) is 45.6 Å². The Kier molecular flexibility index (Phi) is 11.3. The zero-order chi connectivity index (χ0) is 33.1. The summed E-state index contributed by atoms with van der Waals surface area (Å²) in [4.78, 5) is 60.1. The molecule has 0 aliphatic carbocycles. The van der Waals surface area contributed by atoms with Crippen molar-refractivity contribution < 1.29 is 33.8 Å². The maximum Gasteiger partial charge on any atom is 0.313 e. The van der Waals surface area contributed by atoms with Crippen LogP contribution in [0.1, 0.15) is 58.1 Å².